The lowest BCUT2D eigenvalue weighted by Gasteiger charge is -2.12. The number of pyridine rings is 1. The van der Waals surface area contributed by atoms with E-state index >= 15 is 0 Å². The van der Waals surface area contributed by atoms with E-state index < -0.39 is 28.9 Å². The Morgan fingerprint density at radius 3 is 2.46 bits per heavy atom. The van der Waals surface area contributed by atoms with Gasteiger partial charge in [-0.25, -0.2) is 4.98 Å². The summed E-state index contributed by atoms with van der Waals surface area (Å²) in [6.45, 7) is 0.149. The summed E-state index contributed by atoms with van der Waals surface area (Å²) in [5, 5.41) is 17.6. The van der Waals surface area contributed by atoms with Crippen LogP contribution in [-0.4, -0.2) is 31.9 Å². The molecule has 0 spiro atoms. The van der Waals surface area contributed by atoms with Crippen molar-refractivity contribution in [2.75, 3.05) is 11.0 Å². The van der Waals surface area contributed by atoms with Crippen LogP contribution in [0.4, 0.5) is 24.5 Å². The van der Waals surface area contributed by atoms with Crippen molar-refractivity contribution >= 4 is 28.2 Å². The molecule has 0 saturated carbocycles. The van der Waals surface area contributed by atoms with Crippen LogP contribution in [-0.2, 0) is 6.54 Å². The first kappa shape index (κ1) is 17.7. The maximum absolute atomic E-state index is 13.0. The Morgan fingerprint density at radius 1 is 1.23 bits per heavy atom. The van der Waals surface area contributed by atoms with Gasteiger partial charge in [0.1, 0.15) is 11.3 Å². The number of benzene rings is 1. The summed E-state index contributed by atoms with van der Waals surface area (Å²) in [5.74, 6) is -2.10. The molecule has 0 saturated heterocycles. The molecule has 0 aliphatic heterocycles. The molecular weight excluding hydrogens is 353 g/mol. The molecule has 3 rings (SSSR count). The number of nitrogen functional groups attached to an aromatic ring is 1. The molecule has 26 heavy (non-hydrogen) atoms. The van der Waals surface area contributed by atoms with Crippen LogP contribution >= 0.6 is 0 Å². The largest absolute Gasteiger partial charge is 0.454 e. The SMILES string of the molecule is Nc1c(N(O)O)cnc2c1c(C(=O)C(F)(F)F)cn2Cc1ccccc1. The summed E-state index contributed by atoms with van der Waals surface area (Å²) >= 11 is 0. The van der Waals surface area contributed by atoms with Crippen molar-refractivity contribution in [1.29, 1.82) is 0 Å². The second-order valence-electron chi connectivity index (χ2n) is 5.53. The van der Waals surface area contributed by atoms with Gasteiger partial charge in [-0.05, 0) is 5.56 Å². The lowest BCUT2D eigenvalue weighted by Crippen LogP contribution is -2.22. The number of alkyl halides is 3. The molecule has 0 bridgehead atoms. The third-order valence-electron chi connectivity index (χ3n) is 3.82. The fourth-order valence-electron chi connectivity index (χ4n) is 2.65. The maximum atomic E-state index is 13.0. The number of carbonyl (C=O) groups excluding carboxylic acids is 1. The molecule has 2 aromatic heterocycles. The molecule has 0 unspecified atom stereocenters. The van der Waals surface area contributed by atoms with Gasteiger partial charge in [0.2, 0.25) is 0 Å². The van der Waals surface area contributed by atoms with Gasteiger partial charge in [0.15, 0.2) is 0 Å². The summed E-state index contributed by atoms with van der Waals surface area (Å²) in [6.07, 6.45) is -3.12. The molecule has 0 aliphatic carbocycles. The molecule has 0 amide bonds. The molecule has 7 nitrogen and oxygen atoms in total. The highest BCUT2D eigenvalue weighted by Gasteiger charge is 2.41. The van der Waals surface area contributed by atoms with E-state index in [-0.39, 0.29) is 22.8 Å². The van der Waals surface area contributed by atoms with Crippen molar-refractivity contribution in [2.24, 2.45) is 0 Å². The van der Waals surface area contributed by atoms with E-state index in [1.165, 1.54) is 4.57 Å². The highest BCUT2D eigenvalue weighted by atomic mass is 19.4. The minimum Gasteiger partial charge on any atom is -0.396 e. The number of halogens is 3. The monoisotopic (exact) mass is 366 g/mol. The quantitative estimate of drug-likeness (QED) is 0.484. The number of ketones is 1. The number of fused-ring (bicyclic) bond motifs is 1. The van der Waals surface area contributed by atoms with Crippen molar-refractivity contribution in [3.63, 3.8) is 0 Å². The smallest absolute Gasteiger partial charge is 0.396 e. The Hall–Kier alpha value is -3.11. The van der Waals surface area contributed by atoms with Crippen LogP contribution in [0.3, 0.4) is 0 Å². The summed E-state index contributed by atoms with van der Waals surface area (Å²) in [5.41, 5.74) is 5.01. The van der Waals surface area contributed by atoms with Crippen molar-refractivity contribution < 1.29 is 28.4 Å². The highest BCUT2D eigenvalue weighted by Crippen LogP contribution is 2.35. The van der Waals surface area contributed by atoms with Crippen molar-refractivity contribution in [2.45, 2.75) is 12.7 Å². The number of anilines is 2. The van der Waals surface area contributed by atoms with Gasteiger partial charge < -0.3 is 10.3 Å². The van der Waals surface area contributed by atoms with E-state index in [9.17, 15) is 18.0 Å². The number of Topliss-reactive ketones (excluding diaryl/α,β-unsaturated/α-hetero) is 1. The number of nitrogens with zero attached hydrogens (tertiary/aromatic N) is 3. The van der Waals surface area contributed by atoms with E-state index in [0.717, 1.165) is 18.0 Å². The molecule has 136 valence electrons. The predicted octanol–water partition coefficient (Wildman–Crippen LogP) is 3.00. The molecule has 3 aromatic rings. The minimum absolute atomic E-state index is 0.0181. The van der Waals surface area contributed by atoms with E-state index in [2.05, 4.69) is 4.98 Å². The topological polar surface area (TPSA) is 105 Å². The van der Waals surface area contributed by atoms with Gasteiger partial charge >= 0.3 is 6.18 Å². The lowest BCUT2D eigenvalue weighted by molar-refractivity contribution is -0.0884. The Labute approximate surface area is 144 Å². The number of hydrogen-bond donors (Lipinski definition) is 3. The van der Waals surface area contributed by atoms with Crippen molar-refractivity contribution in [1.82, 2.24) is 9.55 Å². The molecule has 0 radical (unpaired) electrons. The summed E-state index contributed by atoms with van der Waals surface area (Å²) < 4.78 is 40.2. The van der Waals surface area contributed by atoms with Gasteiger partial charge in [-0.2, -0.15) is 13.2 Å². The number of carbonyl (C=O) groups is 1. The van der Waals surface area contributed by atoms with Crippen LogP contribution in [0, 0.1) is 0 Å². The fourth-order valence-corrected chi connectivity index (χ4v) is 2.65. The van der Waals surface area contributed by atoms with Crippen molar-refractivity contribution in [3.8, 4) is 0 Å². The molecule has 10 heteroatoms. The van der Waals surface area contributed by atoms with E-state index in [4.69, 9.17) is 16.1 Å². The average molecular weight is 366 g/mol. The summed E-state index contributed by atoms with van der Waals surface area (Å²) in [7, 11) is 0. The van der Waals surface area contributed by atoms with Crippen LogP contribution in [0.5, 0.6) is 0 Å². The lowest BCUT2D eigenvalue weighted by atomic mass is 10.1. The van der Waals surface area contributed by atoms with Gasteiger partial charge in [0.05, 0.1) is 22.8 Å². The maximum Gasteiger partial charge on any atom is 0.454 e. The van der Waals surface area contributed by atoms with E-state index in [1.54, 1.807) is 30.3 Å². The Bertz CT molecular complexity index is 968. The molecule has 0 atom stereocenters. The first-order valence-electron chi connectivity index (χ1n) is 7.30. The average Bonchev–Trinajstić information content (AvgIpc) is 2.93. The molecule has 0 aliphatic rings. The normalized spacial score (nSPS) is 11.7. The molecular formula is C16H13F3N4O3. The number of nitrogens with two attached hydrogens (primary N) is 1. The second-order valence-corrected chi connectivity index (χ2v) is 5.53. The Balaban J connectivity index is 2.24. The third kappa shape index (κ3) is 3.07. The summed E-state index contributed by atoms with van der Waals surface area (Å²) in [4.78, 5) is 15.8. The predicted molar refractivity (Wildman–Crippen MR) is 86.1 cm³/mol. The third-order valence-corrected chi connectivity index (χ3v) is 3.82. The van der Waals surface area contributed by atoms with Crippen LogP contribution < -0.4 is 11.0 Å². The van der Waals surface area contributed by atoms with Crippen LogP contribution in [0.25, 0.3) is 11.0 Å². The Kier molecular flexibility index (Phi) is 4.30. The van der Waals surface area contributed by atoms with Crippen LogP contribution in [0.1, 0.15) is 15.9 Å². The van der Waals surface area contributed by atoms with Crippen LogP contribution in [0.2, 0.25) is 0 Å². The standard InChI is InChI=1S/C16H13F3N4O3/c17-16(18,19)14(24)10-8-22(7-9-4-2-1-3-5-9)15-12(10)13(20)11(6-21-15)23(25)26/h1-6,8,25-26H,7H2,(H2,20,21). The zero-order valence-corrected chi connectivity index (χ0v) is 13.1. The van der Waals surface area contributed by atoms with Gasteiger partial charge in [-0.3, -0.25) is 15.2 Å². The number of aromatic nitrogens is 2. The zero-order valence-electron chi connectivity index (χ0n) is 13.1. The second kappa shape index (κ2) is 6.32. The van der Waals surface area contributed by atoms with Crippen LogP contribution in [0.15, 0.2) is 42.7 Å². The Morgan fingerprint density at radius 2 is 1.88 bits per heavy atom. The van der Waals surface area contributed by atoms with Crippen molar-refractivity contribution in [3.05, 3.63) is 53.9 Å². The molecule has 2 heterocycles. The number of rotatable bonds is 4. The fraction of sp³-hybridized carbons (Fsp3) is 0.125. The molecule has 0 fully saturated rings. The van der Waals surface area contributed by atoms with E-state index in [1.807, 2.05) is 0 Å². The van der Waals surface area contributed by atoms with Gasteiger partial charge in [-0.1, -0.05) is 30.3 Å². The zero-order chi connectivity index (χ0) is 19.1. The highest BCUT2D eigenvalue weighted by molar-refractivity contribution is 6.14. The first-order valence-corrected chi connectivity index (χ1v) is 7.30. The minimum atomic E-state index is -5.12. The van der Waals surface area contributed by atoms with Gasteiger partial charge in [0, 0.05) is 12.7 Å². The van der Waals surface area contributed by atoms with E-state index in [0.29, 0.717) is 0 Å². The molecule has 4 N–H and O–H groups in total. The number of hydrogen-bond acceptors (Lipinski definition) is 6. The van der Waals surface area contributed by atoms with Gasteiger partial charge in [-0.15, -0.1) is 5.23 Å². The summed E-state index contributed by atoms with van der Waals surface area (Å²) in [6, 6.07) is 8.83. The molecule has 1 aromatic carbocycles. The first-order chi connectivity index (χ1) is 12.2. The van der Waals surface area contributed by atoms with Gasteiger partial charge in [0.25, 0.3) is 5.78 Å².